The van der Waals surface area contributed by atoms with Crippen molar-refractivity contribution in [3.8, 4) is 0 Å². The van der Waals surface area contributed by atoms with E-state index in [2.05, 4.69) is 4.72 Å². The largest absolute Gasteiger partial charge is 0.378 e. The van der Waals surface area contributed by atoms with E-state index in [0.717, 1.165) is 22.5 Å². The summed E-state index contributed by atoms with van der Waals surface area (Å²) in [6.07, 6.45) is 0.208. The monoisotopic (exact) mass is 475 g/mol. The minimum atomic E-state index is -3.82. The summed E-state index contributed by atoms with van der Waals surface area (Å²) in [6.45, 7) is 6.21. The van der Waals surface area contributed by atoms with Gasteiger partial charge in [-0.05, 0) is 49.2 Å². The summed E-state index contributed by atoms with van der Waals surface area (Å²) in [5.41, 5.74) is 3.00. The number of rotatable bonds is 6. The predicted octanol–water partition coefficient (Wildman–Crippen LogP) is 2.73. The number of anilines is 1. The fourth-order valence-electron chi connectivity index (χ4n) is 3.67. The molecule has 32 heavy (non-hydrogen) atoms. The Morgan fingerprint density at radius 2 is 1.91 bits per heavy atom. The lowest BCUT2D eigenvalue weighted by atomic mass is 10.1. The van der Waals surface area contributed by atoms with Gasteiger partial charge < -0.3 is 9.64 Å². The highest BCUT2D eigenvalue weighted by Gasteiger charge is 2.20. The molecule has 0 unspecified atom stereocenters. The van der Waals surface area contributed by atoms with E-state index in [1.54, 1.807) is 23.1 Å². The molecule has 1 amide bonds. The molecular formula is C22H25N3O5S2. The Bertz CT molecular complexity index is 1320. The zero-order valence-corrected chi connectivity index (χ0v) is 19.6. The summed E-state index contributed by atoms with van der Waals surface area (Å²) in [6, 6.07) is 10.1. The molecule has 0 radical (unpaired) electrons. The molecule has 1 N–H and O–H groups in total. The molecule has 1 aromatic heterocycles. The van der Waals surface area contributed by atoms with Crippen LogP contribution < -0.4 is 9.60 Å². The molecule has 10 heteroatoms. The van der Waals surface area contributed by atoms with Crippen LogP contribution in [-0.4, -0.2) is 50.1 Å². The van der Waals surface area contributed by atoms with Crippen LogP contribution in [0.3, 0.4) is 0 Å². The van der Waals surface area contributed by atoms with Gasteiger partial charge in [0.25, 0.3) is 10.0 Å². The number of ether oxygens (including phenoxy) is 1. The highest BCUT2D eigenvalue weighted by molar-refractivity contribution is 7.92. The van der Waals surface area contributed by atoms with Crippen molar-refractivity contribution in [1.29, 1.82) is 0 Å². The van der Waals surface area contributed by atoms with Gasteiger partial charge >= 0.3 is 4.87 Å². The number of morpholine rings is 1. The molecule has 4 rings (SSSR count). The SMILES string of the molecule is Cc1cccc(NS(=O)(=O)c2ccc3c(c2)sc(=O)n3CCC(=O)N2CCOCC2)c1C. The standard InChI is InChI=1S/C22H25N3O5S2/c1-15-4-3-5-18(16(15)2)23-32(28,29)17-6-7-19-20(14-17)31-22(27)25(19)9-8-21(26)24-10-12-30-13-11-24/h3-7,14,23H,8-13H2,1-2H3. The van der Waals surface area contributed by atoms with E-state index in [9.17, 15) is 18.0 Å². The van der Waals surface area contributed by atoms with Crippen molar-refractivity contribution < 1.29 is 17.9 Å². The average molecular weight is 476 g/mol. The van der Waals surface area contributed by atoms with Crippen molar-refractivity contribution in [2.45, 2.75) is 31.7 Å². The zero-order chi connectivity index (χ0) is 22.9. The van der Waals surface area contributed by atoms with Gasteiger partial charge in [-0.2, -0.15) is 0 Å². The van der Waals surface area contributed by atoms with E-state index in [0.29, 0.717) is 42.2 Å². The molecule has 1 saturated heterocycles. The molecule has 3 aromatic rings. The highest BCUT2D eigenvalue weighted by Crippen LogP contribution is 2.26. The summed E-state index contributed by atoms with van der Waals surface area (Å²) in [5.74, 6) is -0.0172. The van der Waals surface area contributed by atoms with Gasteiger partial charge in [0, 0.05) is 26.1 Å². The Balaban J connectivity index is 1.55. The molecule has 0 spiro atoms. The molecular weight excluding hydrogens is 450 g/mol. The third-order valence-corrected chi connectivity index (χ3v) is 8.02. The van der Waals surface area contributed by atoms with Crippen molar-refractivity contribution >= 4 is 43.2 Å². The van der Waals surface area contributed by atoms with Crippen LogP contribution in [0.5, 0.6) is 0 Å². The van der Waals surface area contributed by atoms with E-state index in [1.807, 2.05) is 19.9 Å². The molecule has 170 valence electrons. The van der Waals surface area contributed by atoms with Crippen LogP contribution in [0, 0.1) is 13.8 Å². The molecule has 1 aliphatic rings. The fraction of sp³-hybridized carbons (Fsp3) is 0.364. The first-order chi connectivity index (χ1) is 15.3. The number of hydrogen-bond acceptors (Lipinski definition) is 6. The van der Waals surface area contributed by atoms with Gasteiger partial charge in [-0.25, -0.2) is 8.42 Å². The summed E-state index contributed by atoms with van der Waals surface area (Å²) in [7, 11) is -3.82. The molecule has 8 nitrogen and oxygen atoms in total. The van der Waals surface area contributed by atoms with E-state index in [4.69, 9.17) is 4.74 Å². The van der Waals surface area contributed by atoms with Crippen molar-refractivity contribution in [2.24, 2.45) is 0 Å². The van der Waals surface area contributed by atoms with Crippen molar-refractivity contribution in [1.82, 2.24) is 9.47 Å². The van der Waals surface area contributed by atoms with E-state index in [-0.39, 0.29) is 28.6 Å². The van der Waals surface area contributed by atoms with Gasteiger partial charge in [0.2, 0.25) is 5.91 Å². The number of hydrogen-bond donors (Lipinski definition) is 1. The summed E-state index contributed by atoms with van der Waals surface area (Å²) >= 11 is 0.978. The topological polar surface area (TPSA) is 97.7 Å². The average Bonchev–Trinajstić information content (AvgIpc) is 3.10. The molecule has 0 saturated carbocycles. The second-order valence-corrected chi connectivity index (χ2v) is 10.4. The van der Waals surface area contributed by atoms with Gasteiger partial charge in [0.05, 0.1) is 34.0 Å². The first-order valence-corrected chi connectivity index (χ1v) is 12.6. The quantitative estimate of drug-likeness (QED) is 0.591. The fourth-order valence-corrected chi connectivity index (χ4v) is 5.85. The van der Waals surface area contributed by atoms with E-state index < -0.39 is 10.0 Å². The number of aryl methyl sites for hydroxylation is 2. The molecule has 1 fully saturated rings. The molecule has 0 aliphatic carbocycles. The second-order valence-electron chi connectivity index (χ2n) is 7.75. The maximum Gasteiger partial charge on any atom is 0.308 e. The number of aromatic nitrogens is 1. The summed E-state index contributed by atoms with van der Waals surface area (Å²) in [5, 5.41) is 0. The number of fused-ring (bicyclic) bond motifs is 1. The molecule has 0 bridgehead atoms. The predicted molar refractivity (Wildman–Crippen MR) is 125 cm³/mol. The zero-order valence-electron chi connectivity index (χ0n) is 18.0. The number of amides is 1. The number of thiazole rings is 1. The Kier molecular flexibility index (Phi) is 6.36. The van der Waals surface area contributed by atoms with E-state index >= 15 is 0 Å². The molecule has 0 atom stereocenters. The van der Waals surface area contributed by atoms with Crippen LogP contribution in [0.25, 0.3) is 10.2 Å². The maximum atomic E-state index is 12.9. The number of benzene rings is 2. The number of sulfonamides is 1. The van der Waals surface area contributed by atoms with Gasteiger partial charge in [-0.3, -0.25) is 18.9 Å². The lowest BCUT2D eigenvalue weighted by Crippen LogP contribution is -2.41. The minimum absolute atomic E-state index is 0.0172. The van der Waals surface area contributed by atoms with Crippen LogP contribution in [0.15, 0.2) is 46.1 Å². The summed E-state index contributed by atoms with van der Waals surface area (Å²) < 4.78 is 35.9. The smallest absolute Gasteiger partial charge is 0.308 e. The Labute approximate surface area is 190 Å². The lowest BCUT2D eigenvalue weighted by Gasteiger charge is -2.26. The maximum absolute atomic E-state index is 12.9. The van der Waals surface area contributed by atoms with Gasteiger partial charge in [-0.1, -0.05) is 23.5 Å². The van der Waals surface area contributed by atoms with Crippen LogP contribution in [-0.2, 0) is 26.1 Å². The van der Waals surface area contributed by atoms with Crippen molar-refractivity contribution in [3.05, 3.63) is 57.2 Å². The van der Waals surface area contributed by atoms with E-state index in [1.165, 1.54) is 16.7 Å². The van der Waals surface area contributed by atoms with Gasteiger partial charge in [0.15, 0.2) is 0 Å². The van der Waals surface area contributed by atoms with Crippen LogP contribution in [0.4, 0.5) is 5.69 Å². The number of carbonyl (C=O) groups is 1. The minimum Gasteiger partial charge on any atom is -0.378 e. The first-order valence-electron chi connectivity index (χ1n) is 10.3. The van der Waals surface area contributed by atoms with Crippen LogP contribution in [0.2, 0.25) is 0 Å². The Morgan fingerprint density at radius 1 is 1.16 bits per heavy atom. The first kappa shape index (κ1) is 22.5. The Hall–Kier alpha value is -2.69. The number of nitrogens with one attached hydrogen (secondary N) is 1. The summed E-state index contributed by atoms with van der Waals surface area (Å²) in [4.78, 5) is 26.6. The molecule has 2 heterocycles. The van der Waals surface area contributed by atoms with Crippen molar-refractivity contribution in [3.63, 3.8) is 0 Å². The third kappa shape index (κ3) is 4.57. The van der Waals surface area contributed by atoms with Crippen molar-refractivity contribution in [2.75, 3.05) is 31.0 Å². The van der Waals surface area contributed by atoms with Gasteiger partial charge in [-0.15, -0.1) is 0 Å². The van der Waals surface area contributed by atoms with Gasteiger partial charge in [0.1, 0.15) is 0 Å². The number of carbonyl (C=O) groups excluding carboxylic acids is 1. The molecule has 2 aromatic carbocycles. The highest BCUT2D eigenvalue weighted by atomic mass is 32.2. The van der Waals surface area contributed by atoms with Crippen LogP contribution in [0.1, 0.15) is 17.5 Å². The lowest BCUT2D eigenvalue weighted by molar-refractivity contribution is -0.135. The normalized spacial score (nSPS) is 14.6. The molecule has 1 aliphatic heterocycles. The third-order valence-electron chi connectivity index (χ3n) is 5.71. The Morgan fingerprint density at radius 3 is 2.66 bits per heavy atom. The number of nitrogens with zero attached hydrogens (tertiary/aromatic N) is 2. The van der Waals surface area contributed by atoms with Crippen LogP contribution >= 0.6 is 11.3 Å². The second kappa shape index (κ2) is 9.05.